The molecule has 0 aromatic rings. The largest absolute Gasteiger partial charge is 0.549 e. The Balaban J connectivity index is 2.65. The second-order valence-corrected chi connectivity index (χ2v) is 1.14. The third-order valence-corrected chi connectivity index (χ3v) is 0.645. The maximum atomic E-state index is 10.0. The van der Waals surface area contributed by atoms with Crippen molar-refractivity contribution in [2.75, 3.05) is 6.67 Å². The number of hydrogen-bond acceptors (Lipinski definition) is 3. The number of nitrogens with zero attached hydrogens (tertiary/aromatic N) is 1. The standard InChI is InChI=1S/C2H3N3O2/c6-2-4-3-1-5(2)7/h1H2,(H-,3,4,6,7)/p+1. The van der Waals surface area contributed by atoms with Gasteiger partial charge in [-0.05, 0) is 0 Å². The number of urea groups is 1. The molecule has 5 heteroatoms. The van der Waals surface area contributed by atoms with Crippen LogP contribution in [0.4, 0.5) is 4.79 Å². The molecule has 0 aromatic heterocycles. The fourth-order valence-corrected chi connectivity index (χ4v) is 0.321. The molecule has 1 aliphatic rings. The van der Waals surface area contributed by atoms with Crippen molar-refractivity contribution in [2.24, 2.45) is 0 Å². The van der Waals surface area contributed by atoms with Crippen LogP contribution < -0.4 is 10.9 Å². The van der Waals surface area contributed by atoms with Crippen LogP contribution in [-0.4, -0.2) is 17.5 Å². The van der Waals surface area contributed by atoms with Crippen LogP contribution in [-0.2, 0) is 0 Å². The van der Waals surface area contributed by atoms with Crippen LogP contribution in [0.5, 0.6) is 0 Å². The third kappa shape index (κ3) is 0.566. The topological polar surface area (TPSA) is 61.2 Å². The van der Waals surface area contributed by atoms with E-state index in [4.69, 9.17) is 0 Å². The third-order valence-electron chi connectivity index (χ3n) is 0.645. The molecule has 0 bridgehead atoms. The van der Waals surface area contributed by atoms with Crippen molar-refractivity contribution in [3.63, 3.8) is 0 Å². The highest BCUT2D eigenvalue weighted by Gasteiger charge is 2.26. The lowest BCUT2D eigenvalue weighted by Gasteiger charge is -1.67. The van der Waals surface area contributed by atoms with Crippen LogP contribution >= 0.6 is 0 Å². The van der Waals surface area contributed by atoms with Crippen LogP contribution in [0.2, 0.25) is 0 Å². The number of rotatable bonds is 0. The Hall–Kier alpha value is -0.970. The summed E-state index contributed by atoms with van der Waals surface area (Å²) in [5.74, 6) is 0. The lowest BCUT2D eigenvalue weighted by Crippen LogP contribution is -2.25. The second kappa shape index (κ2) is 1.27. The zero-order valence-electron chi connectivity index (χ0n) is 3.47. The minimum Gasteiger partial charge on any atom is -0.192 e. The molecule has 5 nitrogen and oxygen atoms in total. The highest BCUT2D eigenvalue weighted by Crippen LogP contribution is 1.76. The molecule has 1 saturated heterocycles. The second-order valence-electron chi connectivity index (χ2n) is 1.14. The first kappa shape index (κ1) is 4.20. The summed E-state index contributed by atoms with van der Waals surface area (Å²) >= 11 is 0. The van der Waals surface area contributed by atoms with Crippen LogP contribution in [0, 0.1) is 4.91 Å². The number of amides is 2. The van der Waals surface area contributed by atoms with E-state index in [0.29, 0.717) is 4.76 Å². The average molecular weight is 102 g/mol. The van der Waals surface area contributed by atoms with Gasteiger partial charge in [0.15, 0.2) is 0 Å². The van der Waals surface area contributed by atoms with Crippen molar-refractivity contribution >= 4 is 6.03 Å². The van der Waals surface area contributed by atoms with Gasteiger partial charge in [-0.15, -0.1) is 5.43 Å². The number of hydrogen-bond donors (Lipinski definition) is 2. The summed E-state index contributed by atoms with van der Waals surface area (Å²) < 4.78 is 0.292. The summed E-state index contributed by atoms with van der Waals surface area (Å²) in [7, 11) is 0. The average Bonchev–Trinajstić information content (AvgIpc) is 1.91. The van der Waals surface area contributed by atoms with E-state index in [-0.39, 0.29) is 6.67 Å². The number of hydrazine groups is 1. The van der Waals surface area contributed by atoms with Crippen LogP contribution in [0.1, 0.15) is 0 Å². The molecule has 0 radical (unpaired) electrons. The Kier molecular flexibility index (Phi) is 0.759. The Morgan fingerprint density at radius 2 is 2.43 bits per heavy atom. The van der Waals surface area contributed by atoms with Gasteiger partial charge in [0.25, 0.3) is 0 Å². The number of nitroso groups, excluding NO2 is 1. The van der Waals surface area contributed by atoms with Crippen molar-refractivity contribution in [3.05, 3.63) is 4.91 Å². The Morgan fingerprint density at radius 1 is 1.71 bits per heavy atom. The van der Waals surface area contributed by atoms with E-state index in [2.05, 4.69) is 10.9 Å². The van der Waals surface area contributed by atoms with Crippen LogP contribution in [0.25, 0.3) is 0 Å². The first-order valence-corrected chi connectivity index (χ1v) is 1.78. The van der Waals surface area contributed by atoms with E-state index in [1.807, 2.05) is 0 Å². The van der Waals surface area contributed by atoms with Gasteiger partial charge >= 0.3 is 6.03 Å². The summed E-state index contributed by atoms with van der Waals surface area (Å²) in [5, 5.41) is 0. The molecule has 1 aliphatic heterocycles. The highest BCUT2D eigenvalue weighted by molar-refractivity contribution is 5.64. The first-order valence-electron chi connectivity index (χ1n) is 1.78. The molecule has 0 unspecified atom stereocenters. The van der Waals surface area contributed by atoms with Crippen molar-refractivity contribution < 1.29 is 9.55 Å². The summed E-state index contributed by atoms with van der Waals surface area (Å²) in [4.78, 5) is 20.0. The lowest BCUT2D eigenvalue weighted by atomic mass is 11.0. The predicted molar refractivity (Wildman–Crippen MR) is 20.2 cm³/mol. The van der Waals surface area contributed by atoms with E-state index in [0.717, 1.165) is 0 Å². The van der Waals surface area contributed by atoms with Gasteiger partial charge in [0, 0.05) is 4.76 Å². The predicted octanol–water partition coefficient (Wildman–Crippen LogP) is -1.05. The molecule has 1 fully saturated rings. The SMILES string of the molecule is O=C1NNC[N+]1=O. The van der Waals surface area contributed by atoms with E-state index in [9.17, 15) is 9.70 Å². The summed E-state index contributed by atoms with van der Waals surface area (Å²) in [6, 6.07) is -0.625. The number of carbonyl (C=O) groups excluding carboxylic acids is 1. The van der Waals surface area contributed by atoms with E-state index in [1.165, 1.54) is 0 Å². The molecule has 38 valence electrons. The van der Waals surface area contributed by atoms with Gasteiger partial charge in [0.05, 0.1) is 0 Å². The van der Waals surface area contributed by atoms with Gasteiger partial charge in [0.2, 0.25) is 6.67 Å². The van der Waals surface area contributed by atoms with E-state index < -0.39 is 6.03 Å². The van der Waals surface area contributed by atoms with Gasteiger partial charge < -0.3 is 0 Å². The van der Waals surface area contributed by atoms with Crippen molar-refractivity contribution in [2.45, 2.75) is 0 Å². The molecule has 0 spiro atoms. The zero-order chi connectivity index (χ0) is 5.28. The fourth-order valence-electron chi connectivity index (χ4n) is 0.321. The van der Waals surface area contributed by atoms with Crippen molar-refractivity contribution in [3.8, 4) is 0 Å². The van der Waals surface area contributed by atoms with Gasteiger partial charge in [-0.3, -0.25) is 0 Å². The monoisotopic (exact) mass is 102 g/mol. The zero-order valence-corrected chi connectivity index (χ0v) is 3.47. The molecule has 7 heavy (non-hydrogen) atoms. The minimum atomic E-state index is -0.625. The molecule has 0 aliphatic carbocycles. The number of nitrogens with one attached hydrogen (secondary N) is 2. The van der Waals surface area contributed by atoms with Crippen molar-refractivity contribution in [1.82, 2.24) is 10.9 Å². The molecular formula is C2H4N3O2+. The summed E-state index contributed by atoms with van der Waals surface area (Å²) in [6.07, 6.45) is 0. The highest BCUT2D eigenvalue weighted by atomic mass is 16.3. The van der Waals surface area contributed by atoms with Crippen LogP contribution in [0.15, 0.2) is 0 Å². The van der Waals surface area contributed by atoms with Gasteiger partial charge in [0.1, 0.15) is 0 Å². The van der Waals surface area contributed by atoms with Gasteiger partial charge in [-0.1, -0.05) is 4.91 Å². The number of carbonyl (C=O) groups is 1. The van der Waals surface area contributed by atoms with Gasteiger partial charge in [-0.2, -0.15) is 10.2 Å². The van der Waals surface area contributed by atoms with E-state index >= 15 is 0 Å². The molecule has 1 rings (SSSR count). The summed E-state index contributed by atoms with van der Waals surface area (Å²) in [5.41, 5.74) is 4.43. The van der Waals surface area contributed by atoms with Crippen LogP contribution in [0.3, 0.4) is 0 Å². The maximum absolute atomic E-state index is 10.0. The molecule has 1 heterocycles. The minimum absolute atomic E-state index is 0.0405. The Morgan fingerprint density at radius 3 is 2.57 bits per heavy atom. The molecule has 0 saturated carbocycles. The maximum Gasteiger partial charge on any atom is 0.549 e. The lowest BCUT2D eigenvalue weighted by molar-refractivity contribution is -0.436. The fraction of sp³-hybridized carbons (Fsp3) is 0.500. The smallest absolute Gasteiger partial charge is 0.192 e. The first-order chi connectivity index (χ1) is 3.30. The molecule has 2 amide bonds. The van der Waals surface area contributed by atoms with Crippen molar-refractivity contribution in [1.29, 1.82) is 0 Å². The van der Waals surface area contributed by atoms with E-state index in [1.54, 1.807) is 0 Å². The van der Waals surface area contributed by atoms with Gasteiger partial charge in [-0.25, -0.2) is 0 Å². The normalized spacial score (nSPS) is 20.0. The summed E-state index contributed by atoms with van der Waals surface area (Å²) in [6.45, 7) is 0.0405. The molecule has 2 N–H and O–H groups in total. The Bertz CT molecular complexity index is 106. The quantitative estimate of drug-likeness (QED) is 0.384. The Labute approximate surface area is 39.2 Å². The molecule has 0 atom stereocenters. The molecule has 0 aromatic carbocycles. The molecular weight excluding hydrogens is 98.0 g/mol.